The van der Waals surface area contributed by atoms with Crippen LogP contribution in [0.5, 0.6) is 0 Å². The van der Waals surface area contributed by atoms with Gasteiger partial charge in [-0.3, -0.25) is 0 Å². The van der Waals surface area contributed by atoms with E-state index in [4.69, 9.17) is 32.7 Å². The highest BCUT2D eigenvalue weighted by Gasteiger charge is 2.23. The van der Waals surface area contributed by atoms with E-state index in [1.165, 1.54) is 12.1 Å². The van der Waals surface area contributed by atoms with Gasteiger partial charge in [0, 0.05) is 17.7 Å². The monoisotopic (exact) mass is 419 g/mol. The number of rotatable bonds is 8. The summed E-state index contributed by atoms with van der Waals surface area (Å²) < 4.78 is 38.1. The number of benzene rings is 1. The Morgan fingerprint density at radius 1 is 1.19 bits per heavy atom. The highest BCUT2D eigenvalue weighted by molar-refractivity contribution is 9.10. The lowest BCUT2D eigenvalue weighted by Gasteiger charge is -2.18. The molecule has 0 atom stereocenters. The minimum absolute atomic E-state index is 0.0336. The maximum atomic E-state index is 12.3. The molecule has 0 aromatic heterocycles. The van der Waals surface area contributed by atoms with Crippen LogP contribution in [-0.4, -0.2) is 34.5 Å². The van der Waals surface area contributed by atoms with Crippen molar-refractivity contribution in [1.82, 2.24) is 4.72 Å². The van der Waals surface area contributed by atoms with Gasteiger partial charge in [0.2, 0.25) is 10.0 Å². The Kier molecular flexibility index (Phi) is 7.91. The summed E-state index contributed by atoms with van der Waals surface area (Å²) in [6, 6.07) is 2.93. The highest BCUT2D eigenvalue weighted by atomic mass is 79.9. The van der Waals surface area contributed by atoms with Crippen LogP contribution in [0.2, 0.25) is 10.0 Å². The minimum atomic E-state index is -3.86. The molecule has 0 aliphatic carbocycles. The summed E-state index contributed by atoms with van der Waals surface area (Å²) in [7, 11) is -3.86. The van der Waals surface area contributed by atoms with Crippen LogP contribution in [0.3, 0.4) is 0 Å². The number of hydrogen-bond donors (Lipinski definition) is 1. The van der Waals surface area contributed by atoms with Gasteiger partial charge in [0.15, 0.2) is 6.29 Å². The first-order chi connectivity index (χ1) is 9.81. The lowest BCUT2D eigenvalue weighted by molar-refractivity contribution is -0.130. The van der Waals surface area contributed by atoms with Crippen molar-refractivity contribution in [2.45, 2.75) is 25.0 Å². The molecular formula is C12H16BrCl2NO4S. The summed E-state index contributed by atoms with van der Waals surface area (Å²) in [5.74, 6) is 0. The van der Waals surface area contributed by atoms with Gasteiger partial charge in [-0.15, -0.1) is 0 Å². The van der Waals surface area contributed by atoms with E-state index in [0.717, 1.165) is 0 Å². The standard InChI is InChI=1S/C12H16BrCl2NO4S/c1-3-19-11(20-4-2)7-16-21(17,18)12-9(14)5-8(13)6-10(12)15/h5-6,11,16H,3-4,7H2,1-2H3. The van der Waals surface area contributed by atoms with E-state index < -0.39 is 16.3 Å². The molecule has 0 spiro atoms. The molecule has 1 N–H and O–H groups in total. The number of halogens is 3. The Balaban J connectivity index is 2.92. The first kappa shape index (κ1) is 19.2. The maximum Gasteiger partial charge on any atom is 0.243 e. The van der Waals surface area contributed by atoms with E-state index in [0.29, 0.717) is 17.7 Å². The lowest BCUT2D eigenvalue weighted by Crippen LogP contribution is -2.35. The van der Waals surface area contributed by atoms with Crippen LogP contribution in [0.15, 0.2) is 21.5 Å². The molecule has 120 valence electrons. The smallest absolute Gasteiger partial charge is 0.243 e. The van der Waals surface area contributed by atoms with Crippen LogP contribution < -0.4 is 4.72 Å². The van der Waals surface area contributed by atoms with E-state index in [-0.39, 0.29) is 21.5 Å². The minimum Gasteiger partial charge on any atom is -0.352 e. The summed E-state index contributed by atoms with van der Waals surface area (Å²) >= 11 is 15.1. The fourth-order valence-electron chi connectivity index (χ4n) is 1.57. The van der Waals surface area contributed by atoms with Crippen molar-refractivity contribution < 1.29 is 17.9 Å². The summed E-state index contributed by atoms with van der Waals surface area (Å²) in [6.07, 6.45) is -0.664. The first-order valence-corrected chi connectivity index (χ1v) is 9.22. The van der Waals surface area contributed by atoms with Crippen LogP contribution in [0.4, 0.5) is 0 Å². The zero-order valence-electron chi connectivity index (χ0n) is 11.5. The molecule has 1 rings (SSSR count). The molecule has 1 aromatic carbocycles. The molecule has 21 heavy (non-hydrogen) atoms. The number of ether oxygens (including phenoxy) is 2. The van der Waals surface area contributed by atoms with Gasteiger partial charge in [-0.2, -0.15) is 0 Å². The van der Waals surface area contributed by atoms with E-state index >= 15 is 0 Å². The van der Waals surface area contributed by atoms with Crippen LogP contribution in [0.1, 0.15) is 13.8 Å². The summed E-state index contributed by atoms with van der Waals surface area (Å²) in [5, 5.41) is 0.0671. The molecule has 9 heteroatoms. The van der Waals surface area contributed by atoms with Gasteiger partial charge >= 0.3 is 0 Å². The largest absolute Gasteiger partial charge is 0.352 e. The van der Waals surface area contributed by atoms with Gasteiger partial charge < -0.3 is 9.47 Å². The molecule has 0 heterocycles. The predicted molar refractivity (Wildman–Crippen MR) is 86.4 cm³/mol. The molecule has 0 saturated carbocycles. The predicted octanol–water partition coefficient (Wildman–Crippen LogP) is 3.43. The fourth-order valence-corrected chi connectivity index (χ4v) is 4.52. The average Bonchev–Trinajstić information content (AvgIpc) is 2.35. The number of sulfonamides is 1. The Bertz CT molecular complexity index is 554. The van der Waals surface area contributed by atoms with Gasteiger partial charge in [-0.25, -0.2) is 13.1 Å². The van der Waals surface area contributed by atoms with Crippen LogP contribution in [-0.2, 0) is 19.5 Å². The molecule has 0 unspecified atom stereocenters. The number of nitrogens with one attached hydrogen (secondary N) is 1. The summed E-state index contributed by atoms with van der Waals surface area (Å²) in [4.78, 5) is -0.166. The van der Waals surface area contributed by atoms with E-state index in [1.807, 2.05) is 0 Å². The first-order valence-electron chi connectivity index (χ1n) is 6.19. The second-order valence-electron chi connectivity index (χ2n) is 3.89. The molecule has 1 aromatic rings. The third-order valence-electron chi connectivity index (χ3n) is 2.38. The second-order valence-corrected chi connectivity index (χ2v) is 7.32. The Labute approximate surface area is 143 Å². The Morgan fingerprint density at radius 2 is 1.67 bits per heavy atom. The van der Waals surface area contributed by atoms with Crippen molar-refractivity contribution in [2.75, 3.05) is 19.8 Å². The van der Waals surface area contributed by atoms with Crippen LogP contribution in [0.25, 0.3) is 0 Å². The molecule has 0 fully saturated rings. The third-order valence-corrected chi connectivity index (χ3v) is 5.18. The molecule has 0 amide bonds. The molecular weight excluding hydrogens is 405 g/mol. The summed E-state index contributed by atoms with van der Waals surface area (Å²) in [6.45, 7) is 4.37. The van der Waals surface area contributed by atoms with Crippen LogP contribution in [0, 0.1) is 0 Å². The molecule has 0 bridgehead atoms. The van der Waals surface area contributed by atoms with Gasteiger partial charge in [0.25, 0.3) is 0 Å². The van der Waals surface area contributed by atoms with Crippen molar-refractivity contribution in [1.29, 1.82) is 0 Å². The summed E-state index contributed by atoms with van der Waals surface area (Å²) in [5.41, 5.74) is 0. The molecule has 0 radical (unpaired) electrons. The van der Waals surface area contributed by atoms with E-state index in [9.17, 15) is 8.42 Å². The fraction of sp³-hybridized carbons (Fsp3) is 0.500. The average molecular weight is 421 g/mol. The van der Waals surface area contributed by atoms with Crippen molar-refractivity contribution in [3.05, 3.63) is 26.7 Å². The van der Waals surface area contributed by atoms with Gasteiger partial charge in [-0.1, -0.05) is 39.1 Å². The van der Waals surface area contributed by atoms with Gasteiger partial charge in [0.1, 0.15) is 4.90 Å². The number of hydrogen-bond acceptors (Lipinski definition) is 4. The molecule has 0 aliphatic rings. The maximum absolute atomic E-state index is 12.3. The molecule has 0 saturated heterocycles. The van der Waals surface area contributed by atoms with Crippen molar-refractivity contribution in [3.63, 3.8) is 0 Å². The third kappa shape index (κ3) is 5.67. The van der Waals surface area contributed by atoms with E-state index in [1.54, 1.807) is 13.8 Å². The topological polar surface area (TPSA) is 64.6 Å². The van der Waals surface area contributed by atoms with Crippen LogP contribution >= 0.6 is 39.1 Å². The Hall–Kier alpha value is 0.110. The SMILES string of the molecule is CCOC(CNS(=O)(=O)c1c(Cl)cc(Br)cc1Cl)OCC. The molecule has 5 nitrogen and oxygen atoms in total. The highest BCUT2D eigenvalue weighted by Crippen LogP contribution is 2.32. The second kappa shape index (κ2) is 8.67. The van der Waals surface area contributed by atoms with Crippen molar-refractivity contribution in [3.8, 4) is 0 Å². The Morgan fingerprint density at radius 3 is 2.10 bits per heavy atom. The quantitative estimate of drug-likeness (QED) is 0.654. The van der Waals surface area contributed by atoms with Gasteiger partial charge in [0.05, 0.1) is 16.6 Å². The molecule has 0 aliphatic heterocycles. The van der Waals surface area contributed by atoms with Crippen molar-refractivity contribution >= 4 is 49.2 Å². The van der Waals surface area contributed by atoms with Crippen molar-refractivity contribution in [2.24, 2.45) is 0 Å². The lowest BCUT2D eigenvalue weighted by atomic mass is 10.4. The van der Waals surface area contributed by atoms with E-state index in [2.05, 4.69) is 20.7 Å². The zero-order valence-corrected chi connectivity index (χ0v) is 15.4. The zero-order chi connectivity index (χ0) is 16.0. The van der Waals surface area contributed by atoms with Gasteiger partial charge in [-0.05, 0) is 26.0 Å². The normalized spacial score (nSPS) is 12.1.